The van der Waals surface area contributed by atoms with Crippen molar-refractivity contribution in [2.24, 2.45) is 0 Å². The Morgan fingerprint density at radius 3 is 2.67 bits per heavy atom. The third kappa shape index (κ3) is 3.55. The maximum Gasteiger partial charge on any atom is 0.267 e. The highest BCUT2D eigenvalue weighted by Gasteiger charge is 2.21. The lowest BCUT2D eigenvalue weighted by atomic mass is 10.0. The highest BCUT2D eigenvalue weighted by Crippen LogP contribution is 2.37. The van der Waals surface area contributed by atoms with E-state index in [4.69, 9.17) is 11.0 Å². The summed E-state index contributed by atoms with van der Waals surface area (Å²) in [6.07, 6.45) is 4.89. The monoisotopic (exact) mass is 376 g/mol. The fraction of sp³-hybridized carbons (Fsp3) is 0.190. The van der Waals surface area contributed by atoms with Crippen LogP contribution in [0.1, 0.15) is 39.0 Å². The van der Waals surface area contributed by atoms with Crippen LogP contribution in [0.2, 0.25) is 0 Å². The van der Waals surface area contributed by atoms with Crippen molar-refractivity contribution in [2.45, 2.75) is 27.2 Å². The molecule has 27 heavy (non-hydrogen) atoms. The van der Waals surface area contributed by atoms with Gasteiger partial charge in [-0.1, -0.05) is 12.2 Å². The van der Waals surface area contributed by atoms with E-state index in [0.717, 1.165) is 33.5 Å². The molecule has 0 bridgehead atoms. The molecular weight excluding hydrogens is 356 g/mol. The van der Waals surface area contributed by atoms with Crippen LogP contribution >= 0.6 is 11.3 Å². The van der Waals surface area contributed by atoms with E-state index in [9.17, 15) is 4.79 Å². The molecule has 0 saturated carbocycles. The molecule has 0 spiro atoms. The van der Waals surface area contributed by atoms with Gasteiger partial charge in [0, 0.05) is 16.8 Å². The van der Waals surface area contributed by atoms with E-state index in [2.05, 4.69) is 22.4 Å². The second kappa shape index (κ2) is 7.60. The Bertz CT molecular complexity index is 1090. The van der Waals surface area contributed by atoms with Crippen molar-refractivity contribution in [3.8, 4) is 6.07 Å². The van der Waals surface area contributed by atoms with E-state index in [-0.39, 0.29) is 5.91 Å². The molecule has 3 rings (SSSR count). The largest absolute Gasteiger partial charge is 0.397 e. The van der Waals surface area contributed by atoms with Crippen LogP contribution in [0, 0.1) is 25.2 Å². The SMILES string of the molecule is C/C=C/Cc1c(C)nc2sc(C(=O)Nc3ccc(C#N)cc3)c(N)c2c1C. The standard InChI is InChI=1S/C21H20N4OS/c1-4-5-6-16-12(2)17-18(23)19(27-21(17)24-13(16)3)20(26)25-15-9-7-14(11-22)8-10-15/h4-5,7-10H,6,23H2,1-3H3,(H,25,26)/b5-4+. The third-order valence-electron chi connectivity index (χ3n) is 4.50. The molecule has 0 atom stereocenters. The number of rotatable bonds is 4. The first-order chi connectivity index (χ1) is 13.0. The summed E-state index contributed by atoms with van der Waals surface area (Å²) in [5.41, 5.74) is 11.1. The quantitative estimate of drug-likeness (QED) is 0.643. The number of benzene rings is 1. The number of aryl methyl sites for hydroxylation is 2. The number of carbonyl (C=O) groups is 1. The van der Waals surface area contributed by atoms with Crippen LogP contribution in [0.3, 0.4) is 0 Å². The molecule has 2 aromatic heterocycles. The third-order valence-corrected chi connectivity index (χ3v) is 5.59. The van der Waals surface area contributed by atoms with Gasteiger partial charge in [0.05, 0.1) is 17.3 Å². The molecule has 5 nitrogen and oxygen atoms in total. The van der Waals surface area contributed by atoms with Crippen molar-refractivity contribution < 1.29 is 4.79 Å². The lowest BCUT2D eigenvalue weighted by Crippen LogP contribution is -2.12. The van der Waals surface area contributed by atoms with Gasteiger partial charge in [0.1, 0.15) is 9.71 Å². The minimum absolute atomic E-state index is 0.271. The van der Waals surface area contributed by atoms with E-state index in [1.54, 1.807) is 24.3 Å². The number of pyridine rings is 1. The van der Waals surface area contributed by atoms with Crippen LogP contribution in [0.25, 0.3) is 10.2 Å². The summed E-state index contributed by atoms with van der Waals surface area (Å²) >= 11 is 1.30. The van der Waals surface area contributed by atoms with Crippen molar-refractivity contribution in [2.75, 3.05) is 11.1 Å². The van der Waals surface area contributed by atoms with Crippen LogP contribution in [0.15, 0.2) is 36.4 Å². The Hall–Kier alpha value is -3.17. The number of nitrogen functional groups attached to an aromatic ring is 1. The highest BCUT2D eigenvalue weighted by atomic mass is 32.1. The number of thiophene rings is 1. The van der Waals surface area contributed by atoms with Crippen LogP contribution in [-0.4, -0.2) is 10.9 Å². The smallest absolute Gasteiger partial charge is 0.267 e. The fourth-order valence-electron chi connectivity index (χ4n) is 3.04. The van der Waals surface area contributed by atoms with E-state index in [1.165, 1.54) is 11.3 Å². The van der Waals surface area contributed by atoms with Crippen LogP contribution in [0.5, 0.6) is 0 Å². The Kier molecular flexibility index (Phi) is 5.24. The first kappa shape index (κ1) is 18.6. The number of nitrogens with zero attached hydrogens (tertiary/aromatic N) is 2. The fourth-order valence-corrected chi connectivity index (χ4v) is 4.13. The van der Waals surface area contributed by atoms with Gasteiger partial charge in [-0.15, -0.1) is 11.3 Å². The molecule has 0 aliphatic heterocycles. The van der Waals surface area contributed by atoms with Gasteiger partial charge < -0.3 is 11.1 Å². The number of fused-ring (bicyclic) bond motifs is 1. The summed E-state index contributed by atoms with van der Waals surface area (Å²) in [5, 5.41) is 12.6. The number of allylic oxidation sites excluding steroid dienone is 2. The van der Waals surface area contributed by atoms with Crippen LogP contribution in [0.4, 0.5) is 11.4 Å². The number of hydrogen-bond donors (Lipinski definition) is 2. The number of aromatic nitrogens is 1. The Morgan fingerprint density at radius 2 is 2.04 bits per heavy atom. The molecule has 136 valence electrons. The number of nitrogens with one attached hydrogen (secondary N) is 1. The lowest BCUT2D eigenvalue weighted by Gasteiger charge is -2.09. The Morgan fingerprint density at radius 1 is 1.33 bits per heavy atom. The van der Waals surface area contributed by atoms with Crippen molar-refractivity contribution in [3.05, 3.63) is 63.7 Å². The average Bonchev–Trinajstić information content (AvgIpc) is 2.98. The minimum Gasteiger partial charge on any atom is -0.397 e. The van der Waals surface area contributed by atoms with Crippen molar-refractivity contribution in [1.29, 1.82) is 5.26 Å². The maximum absolute atomic E-state index is 12.7. The molecule has 0 saturated heterocycles. The molecule has 0 fully saturated rings. The molecule has 2 heterocycles. The summed E-state index contributed by atoms with van der Waals surface area (Å²) in [5.74, 6) is -0.271. The maximum atomic E-state index is 12.7. The number of hydrogen-bond acceptors (Lipinski definition) is 5. The molecule has 3 aromatic rings. The first-order valence-corrected chi connectivity index (χ1v) is 9.38. The molecule has 6 heteroatoms. The van der Waals surface area contributed by atoms with Crippen LogP contribution in [-0.2, 0) is 6.42 Å². The summed E-state index contributed by atoms with van der Waals surface area (Å²) in [7, 11) is 0. The summed E-state index contributed by atoms with van der Waals surface area (Å²) < 4.78 is 0. The second-order valence-corrected chi connectivity index (χ2v) is 7.24. The molecule has 0 unspecified atom stereocenters. The summed E-state index contributed by atoms with van der Waals surface area (Å²) in [6, 6.07) is 8.77. The lowest BCUT2D eigenvalue weighted by molar-refractivity contribution is 0.103. The normalized spacial score (nSPS) is 11.0. The Labute approximate surface area is 162 Å². The molecule has 0 aliphatic rings. The molecule has 1 amide bonds. The number of anilines is 2. The van der Waals surface area contributed by atoms with E-state index in [0.29, 0.717) is 21.8 Å². The zero-order chi connectivity index (χ0) is 19.6. The summed E-state index contributed by atoms with van der Waals surface area (Å²) in [6.45, 7) is 6.00. The van der Waals surface area contributed by atoms with Crippen molar-refractivity contribution >= 4 is 38.8 Å². The predicted octanol–water partition coefficient (Wildman–Crippen LogP) is 4.74. The van der Waals surface area contributed by atoms with Gasteiger partial charge >= 0.3 is 0 Å². The van der Waals surface area contributed by atoms with E-state index >= 15 is 0 Å². The zero-order valence-electron chi connectivity index (χ0n) is 15.5. The van der Waals surface area contributed by atoms with Gasteiger partial charge in [0.25, 0.3) is 5.91 Å². The average molecular weight is 376 g/mol. The van der Waals surface area contributed by atoms with Crippen molar-refractivity contribution in [1.82, 2.24) is 4.98 Å². The Balaban J connectivity index is 1.99. The second-order valence-electron chi connectivity index (χ2n) is 6.24. The van der Waals surface area contributed by atoms with E-state index < -0.39 is 0 Å². The molecule has 0 aliphatic carbocycles. The molecule has 3 N–H and O–H groups in total. The molecule has 1 aromatic carbocycles. The topological polar surface area (TPSA) is 91.8 Å². The molecular formula is C21H20N4OS. The van der Waals surface area contributed by atoms with Crippen LogP contribution < -0.4 is 11.1 Å². The number of carbonyl (C=O) groups excluding carboxylic acids is 1. The van der Waals surface area contributed by atoms with Gasteiger partial charge in [0.2, 0.25) is 0 Å². The van der Waals surface area contributed by atoms with Gasteiger partial charge in [-0.2, -0.15) is 5.26 Å². The number of nitrogens with two attached hydrogens (primary N) is 1. The first-order valence-electron chi connectivity index (χ1n) is 8.57. The highest BCUT2D eigenvalue weighted by molar-refractivity contribution is 7.21. The minimum atomic E-state index is -0.271. The number of amides is 1. The van der Waals surface area contributed by atoms with Gasteiger partial charge in [0.15, 0.2) is 0 Å². The number of nitriles is 1. The predicted molar refractivity (Wildman–Crippen MR) is 111 cm³/mol. The van der Waals surface area contributed by atoms with E-state index in [1.807, 2.05) is 26.8 Å². The molecule has 0 radical (unpaired) electrons. The van der Waals surface area contributed by atoms with Gasteiger partial charge in [-0.05, 0) is 62.6 Å². The zero-order valence-corrected chi connectivity index (χ0v) is 16.3. The van der Waals surface area contributed by atoms with Gasteiger partial charge in [-0.3, -0.25) is 4.79 Å². The summed E-state index contributed by atoms with van der Waals surface area (Å²) in [4.78, 5) is 18.6. The van der Waals surface area contributed by atoms with Crippen molar-refractivity contribution in [3.63, 3.8) is 0 Å². The van der Waals surface area contributed by atoms with Gasteiger partial charge in [-0.25, -0.2) is 4.98 Å².